The molecule has 0 unspecified atom stereocenters. The molecule has 3 nitrogen and oxygen atoms in total. The highest BCUT2D eigenvalue weighted by atomic mass is 32.1. The normalized spacial score (nSPS) is 11.2. The molecular formula is C17H20N2OS. The van der Waals surface area contributed by atoms with Gasteiger partial charge in [-0.3, -0.25) is 0 Å². The molecule has 0 amide bonds. The predicted molar refractivity (Wildman–Crippen MR) is 85.6 cm³/mol. The summed E-state index contributed by atoms with van der Waals surface area (Å²) in [4.78, 5) is 5.73. The molecule has 1 aromatic heterocycles. The van der Waals surface area contributed by atoms with Gasteiger partial charge in [0.1, 0.15) is 17.4 Å². The maximum absolute atomic E-state index is 8.96. The molecule has 0 aliphatic rings. The SMILES string of the molecule is Cc1cccc(OCc2nc(C(C)(C)C)c(CC#N)s2)c1. The third kappa shape index (κ3) is 4.05. The van der Waals surface area contributed by atoms with E-state index in [0.29, 0.717) is 13.0 Å². The molecule has 0 radical (unpaired) electrons. The van der Waals surface area contributed by atoms with E-state index in [1.54, 1.807) is 11.3 Å². The standard InChI is InChI=1S/C17H20N2OS/c1-12-6-5-7-13(10-12)20-11-15-19-16(17(2,3)4)14(21-15)8-9-18/h5-7,10H,8,11H2,1-4H3. The van der Waals surface area contributed by atoms with Gasteiger partial charge in [0, 0.05) is 10.3 Å². The predicted octanol–water partition coefficient (Wildman–Crippen LogP) is 4.39. The molecule has 0 bridgehead atoms. The van der Waals surface area contributed by atoms with Crippen LogP contribution in [-0.2, 0) is 18.4 Å². The van der Waals surface area contributed by atoms with Crippen molar-refractivity contribution in [3.05, 3.63) is 45.4 Å². The second kappa shape index (κ2) is 6.28. The number of nitriles is 1. The summed E-state index contributed by atoms with van der Waals surface area (Å²) in [6, 6.07) is 10.2. The monoisotopic (exact) mass is 300 g/mol. The number of benzene rings is 1. The highest BCUT2D eigenvalue weighted by Gasteiger charge is 2.23. The first kappa shape index (κ1) is 15.5. The van der Waals surface area contributed by atoms with Crippen molar-refractivity contribution in [2.75, 3.05) is 0 Å². The van der Waals surface area contributed by atoms with Gasteiger partial charge in [-0.15, -0.1) is 11.3 Å². The number of ether oxygens (including phenoxy) is 1. The van der Waals surface area contributed by atoms with Gasteiger partial charge in [0.15, 0.2) is 0 Å². The van der Waals surface area contributed by atoms with Crippen LogP contribution in [-0.4, -0.2) is 4.98 Å². The van der Waals surface area contributed by atoms with E-state index in [4.69, 9.17) is 10.00 Å². The van der Waals surface area contributed by atoms with E-state index in [2.05, 4.69) is 31.8 Å². The Kier molecular flexibility index (Phi) is 4.64. The minimum absolute atomic E-state index is 0.0513. The summed E-state index contributed by atoms with van der Waals surface area (Å²) in [6.45, 7) is 8.85. The van der Waals surface area contributed by atoms with Crippen LogP contribution in [0.4, 0.5) is 0 Å². The fourth-order valence-corrected chi connectivity index (χ4v) is 3.21. The van der Waals surface area contributed by atoms with E-state index in [0.717, 1.165) is 21.3 Å². The van der Waals surface area contributed by atoms with Crippen LogP contribution in [0.3, 0.4) is 0 Å². The Morgan fingerprint density at radius 3 is 2.71 bits per heavy atom. The number of nitrogens with zero attached hydrogens (tertiary/aromatic N) is 2. The molecule has 21 heavy (non-hydrogen) atoms. The first-order valence-corrected chi connectivity index (χ1v) is 7.77. The van der Waals surface area contributed by atoms with E-state index < -0.39 is 0 Å². The summed E-state index contributed by atoms with van der Waals surface area (Å²) >= 11 is 1.58. The Morgan fingerprint density at radius 1 is 1.33 bits per heavy atom. The largest absolute Gasteiger partial charge is 0.486 e. The smallest absolute Gasteiger partial charge is 0.140 e. The van der Waals surface area contributed by atoms with Crippen molar-refractivity contribution >= 4 is 11.3 Å². The zero-order valence-electron chi connectivity index (χ0n) is 12.9. The van der Waals surface area contributed by atoms with Crippen LogP contribution in [0.15, 0.2) is 24.3 Å². The maximum atomic E-state index is 8.96. The Balaban J connectivity index is 2.16. The Bertz CT molecular complexity index is 662. The van der Waals surface area contributed by atoms with E-state index in [1.165, 1.54) is 5.56 Å². The van der Waals surface area contributed by atoms with E-state index in [9.17, 15) is 0 Å². The third-order valence-corrected chi connectivity index (χ3v) is 4.07. The number of aryl methyl sites for hydroxylation is 1. The summed E-state index contributed by atoms with van der Waals surface area (Å²) in [5.74, 6) is 0.851. The number of hydrogen-bond donors (Lipinski definition) is 0. The number of aromatic nitrogens is 1. The quantitative estimate of drug-likeness (QED) is 0.841. The molecular weight excluding hydrogens is 280 g/mol. The van der Waals surface area contributed by atoms with Crippen molar-refractivity contribution in [3.8, 4) is 11.8 Å². The molecule has 0 saturated carbocycles. The summed E-state index contributed by atoms with van der Waals surface area (Å²) in [5.41, 5.74) is 2.13. The molecule has 110 valence electrons. The molecule has 0 N–H and O–H groups in total. The maximum Gasteiger partial charge on any atom is 0.140 e. The molecule has 2 aromatic rings. The molecule has 2 rings (SSSR count). The lowest BCUT2D eigenvalue weighted by Gasteiger charge is -2.16. The van der Waals surface area contributed by atoms with Crippen molar-refractivity contribution < 1.29 is 4.74 Å². The fourth-order valence-electron chi connectivity index (χ4n) is 2.09. The van der Waals surface area contributed by atoms with Crippen LogP contribution >= 0.6 is 11.3 Å². The molecule has 0 aliphatic heterocycles. The van der Waals surface area contributed by atoms with Gasteiger partial charge >= 0.3 is 0 Å². The molecule has 1 heterocycles. The lowest BCUT2D eigenvalue weighted by molar-refractivity contribution is 0.304. The molecule has 0 atom stereocenters. The Labute approximate surface area is 130 Å². The van der Waals surface area contributed by atoms with Gasteiger partial charge in [-0.05, 0) is 24.6 Å². The van der Waals surface area contributed by atoms with Crippen molar-refractivity contribution in [1.29, 1.82) is 5.26 Å². The van der Waals surface area contributed by atoms with Crippen molar-refractivity contribution in [2.24, 2.45) is 0 Å². The molecule has 0 fully saturated rings. The van der Waals surface area contributed by atoms with Crippen LogP contribution in [0.1, 0.15) is 41.9 Å². The van der Waals surface area contributed by atoms with Crippen LogP contribution in [0.5, 0.6) is 5.75 Å². The van der Waals surface area contributed by atoms with Crippen molar-refractivity contribution in [3.63, 3.8) is 0 Å². The minimum atomic E-state index is -0.0513. The third-order valence-electron chi connectivity index (χ3n) is 3.04. The van der Waals surface area contributed by atoms with Gasteiger partial charge in [0.25, 0.3) is 0 Å². The Morgan fingerprint density at radius 2 is 2.10 bits per heavy atom. The Hall–Kier alpha value is -1.86. The first-order valence-electron chi connectivity index (χ1n) is 6.95. The van der Waals surface area contributed by atoms with Gasteiger partial charge in [0.05, 0.1) is 18.2 Å². The second-order valence-corrected chi connectivity index (χ2v) is 7.24. The minimum Gasteiger partial charge on any atom is -0.486 e. The van der Waals surface area contributed by atoms with Crippen molar-refractivity contribution in [2.45, 2.75) is 46.1 Å². The van der Waals surface area contributed by atoms with Crippen LogP contribution < -0.4 is 4.74 Å². The molecule has 1 aromatic carbocycles. The first-order chi connectivity index (χ1) is 9.90. The highest BCUT2D eigenvalue weighted by Crippen LogP contribution is 2.30. The summed E-state index contributed by atoms with van der Waals surface area (Å²) in [6.07, 6.45) is 0.411. The molecule has 0 aliphatic carbocycles. The summed E-state index contributed by atoms with van der Waals surface area (Å²) in [7, 11) is 0. The van der Waals surface area contributed by atoms with Gasteiger partial charge < -0.3 is 4.74 Å². The number of rotatable bonds is 4. The average Bonchev–Trinajstić information content (AvgIpc) is 2.80. The van der Waals surface area contributed by atoms with E-state index >= 15 is 0 Å². The molecule has 4 heteroatoms. The second-order valence-electron chi connectivity index (χ2n) is 6.07. The van der Waals surface area contributed by atoms with E-state index in [-0.39, 0.29) is 5.41 Å². The average molecular weight is 300 g/mol. The lowest BCUT2D eigenvalue weighted by atomic mass is 9.91. The van der Waals surface area contributed by atoms with Crippen LogP contribution in [0, 0.1) is 18.3 Å². The summed E-state index contributed by atoms with van der Waals surface area (Å²) in [5, 5.41) is 9.88. The van der Waals surface area contributed by atoms with Crippen molar-refractivity contribution in [1.82, 2.24) is 4.98 Å². The van der Waals surface area contributed by atoms with Gasteiger partial charge in [-0.25, -0.2) is 4.98 Å². The summed E-state index contributed by atoms with van der Waals surface area (Å²) < 4.78 is 5.80. The highest BCUT2D eigenvalue weighted by molar-refractivity contribution is 7.11. The van der Waals surface area contributed by atoms with Crippen LogP contribution in [0.25, 0.3) is 0 Å². The van der Waals surface area contributed by atoms with Gasteiger partial charge in [-0.1, -0.05) is 32.9 Å². The molecule has 0 spiro atoms. The van der Waals surface area contributed by atoms with E-state index in [1.807, 2.05) is 31.2 Å². The van der Waals surface area contributed by atoms with Gasteiger partial charge in [-0.2, -0.15) is 5.26 Å². The zero-order valence-corrected chi connectivity index (χ0v) is 13.8. The topological polar surface area (TPSA) is 45.9 Å². The molecule has 0 saturated heterocycles. The lowest BCUT2D eigenvalue weighted by Crippen LogP contribution is -2.14. The van der Waals surface area contributed by atoms with Crippen LogP contribution in [0.2, 0.25) is 0 Å². The fraction of sp³-hybridized carbons (Fsp3) is 0.412. The number of hydrogen-bond acceptors (Lipinski definition) is 4. The zero-order chi connectivity index (χ0) is 15.5. The number of thiazole rings is 1. The van der Waals surface area contributed by atoms with Gasteiger partial charge in [0.2, 0.25) is 0 Å².